The smallest absolute Gasteiger partial charge is 0.337 e. The van der Waals surface area contributed by atoms with Gasteiger partial charge in [-0.1, -0.05) is 19.9 Å². The first-order valence-electron chi connectivity index (χ1n) is 7.24. The molecule has 3 rings (SSSR count). The number of anilines is 1. The van der Waals surface area contributed by atoms with Crippen LogP contribution in [0.2, 0.25) is 0 Å². The van der Waals surface area contributed by atoms with Gasteiger partial charge in [0.05, 0.1) is 11.3 Å². The van der Waals surface area contributed by atoms with Crippen LogP contribution in [-0.2, 0) is 0 Å². The summed E-state index contributed by atoms with van der Waals surface area (Å²) in [6.07, 6.45) is 2.56. The molecule has 1 saturated heterocycles. The number of piperidine rings is 1. The van der Waals surface area contributed by atoms with Gasteiger partial charge in [-0.15, -0.1) is 0 Å². The number of benzene rings is 1. The van der Waals surface area contributed by atoms with Gasteiger partial charge in [0.25, 0.3) is 0 Å². The maximum atomic E-state index is 11.2. The number of hydrogen-bond donors (Lipinski definition) is 1. The highest BCUT2D eigenvalue weighted by Gasteiger charge is 2.41. The topological polar surface area (TPSA) is 40.5 Å². The summed E-state index contributed by atoms with van der Waals surface area (Å²) in [7, 11) is 0. The average Bonchev–Trinajstić information content (AvgIpc) is 3.18. The van der Waals surface area contributed by atoms with Gasteiger partial charge in [-0.3, -0.25) is 0 Å². The van der Waals surface area contributed by atoms with Crippen molar-refractivity contribution in [3.63, 3.8) is 0 Å². The van der Waals surface area contributed by atoms with Crippen LogP contribution in [0.1, 0.15) is 42.6 Å². The number of carbonyl (C=O) groups is 1. The molecule has 2 unspecified atom stereocenters. The van der Waals surface area contributed by atoms with Gasteiger partial charge in [-0.2, -0.15) is 0 Å². The molecule has 0 radical (unpaired) electrons. The fourth-order valence-corrected chi connectivity index (χ4v) is 2.89. The first kappa shape index (κ1) is 13.9. The molecule has 3 nitrogen and oxygen atoms in total. The van der Waals surface area contributed by atoms with E-state index in [1.54, 1.807) is 6.07 Å². The zero-order valence-electron chi connectivity index (χ0n) is 12.0. The first-order chi connectivity index (χ1) is 9.15. The Hall–Kier alpha value is -1.51. The van der Waals surface area contributed by atoms with Crippen molar-refractivity contribution in [3.8, 4) is 0 Å². The van der Waals surface area contributed by atoms with E-state index >= 15 is 0 Å². The Morgan fingerprint density at radius 1 is 1.32 bits per heavy atom. The van der Waals surface area contributed by atoms with Crippen LogP contribution in [0.5, 0.6) is 0 Å². The van der Waals surface area contributed by atoms with Crippen molar-refractivity contribution in [3.05, 3.63) is 29.3 Å². The van der Waals surface area contributed by atoms with Crippen LogP contribution < -0.4 is 4.90 Å². The van der Waals surface area contributed by atoms with Gasteiger partial charge in [0.15, 0.2) is 0 Å². The van der Waals surface area contributed by atoms with E-state index < -0.39 is 5.97 Å². The quantitative estimate of drug-likeness (QED) is 0.884. The van der Waals surface area contributed by atoms with E-state index in [0.29, 0.717) is 5.56 Å². The second kappa shape index (κ2) is 5.64. The van der Waals surface area contributed by atoms with Crippen LogP contribution in [0.15, 0.2) is 18.2 Å². The summed E-state index contributed by atoms with van der Waals surface area (Å²) in [5.41, 5.74) is 2.47. The molecule has 19 heavy (non-hydrogen) atoms. The van der Waals surface area contributed by atoms with Crippen molar-refractivity contribution in [1.29, 1.82) is 0 Å². The second-order valence-corrected chi connectivity index (χ2v) is 5.32. The van der Waals surface area contributed by atoms with Crippen molar-refractivity contribution in [2.24, 2.45) is 11.8 Å². The maximum absolute atomic E-state index is 11.2. The average molecular weight is 261 g/mol. The molecule has 0 bridgehead atoms. The van der Waals surface area contributed by atoms with Crippen LogP contribution in [0.25, 0.3) is 0 Å². The molecular weight excluding hydrogens is 238 g/mol. The predicted molar refractivity (Wildman–Crippen MR) is 77.9 cm³/mol. The van der Waals surface area contributed by atoms with E-state index in [2.05, 4.69) is 4.90 Å². The van der Waals surface area contributed by atoms with Crippen molar-refractivity contribution in [2.45, 2.75) is 33.6 Å². The Bertz CT molecular complexity index is 470. The number of rotatable bonds is 2. The minimum Gasteiger partial charge on any atom is -0.478 e. The highest BCUT2D eigenvalue weighted by atomic mass is 16.4. The highest BCUT2D eigenvalue weighted by molar-refractivity contribution is 5.94. The van der Waals surface area contributed by atoms with Gasteiger partial charge in [0.1, 0.15) is 0 Å². The molecule has 0 spiro atoms. The fourth-order valence-electron chi connectivity index (χ4n) is 2.89. The largest absolute Gasteiger partial charge is 0.478 e. The van der Waals surface area contributed by atoms with Gasteiger partial charge in [0, 0.05) is 13.1 Å². The van der Waals surface area contributed by atoms with E-state index in [9.17, 15) is 9.90 Å². The number of carboxylic acids is 1. The maximum Gasteiger partial charge on any atom is 0.337 e. The van der Waals surface area contributed by atoms with Crippen molar-refractivity contribution in [1.82, 2.24) is 0 Å². The molecule has 1 aromatic rings. The molecule has 1 N–H and O–H groups in total. The Balaban J connectivity index is 0.000000637. The summed E-state index contributed by atoms with van der Waals surface area (Å²) in [6, 6.07) is 5.61. The van der Waals surface area contributed by atoms with Crippen LogP contribution >= 0.6 is 0 Å². The minimum atomic E-state index is -0.821. The summed E-state index contributed by atoms with van der Waals surface area (Å²) < 4.78 is 0. The summed E-state index contributed by atoms with van der Waals surface area (Å²) in [5, 5.41) is 9.24. The van der Waals surface area contributed by atoms with Crippen molar-refractivity contribution < 1.29 is 9.90 Å². The number of aryl methyl sites for hydroxylation is 1. The summed E-state index contributed by atoms with van der Waals surface area (Å²) in [6.45, 7) is 8.05. The molecule has 2 atom stereocenters. The fraction of sp³-hybridized carbons (Fsp3) is 0.562. The molecule has 1 heterocycles. The van der Waals surface area contributed by atoms with Gasteiger partial charge in [-0.25, -0.2) is 4.79 Å². The van der Waals surface area contributed by atoms with Gasteiger partial charge in [-0.05, 0) is 49.3 Å². The third kappa shape index (κ3) is 2.91. The number of nitrogens with zero attached hydrogens (tertiary/aromatic N) is 1. The van der Waals surface area contributed by atoms with Crippen molar-refractivity contribution in [2.75, 3.05) is 18.0 Å². The van der Waals surface area contributed by atoms with Gasteiger partial charge in [0.2, 0.25) is 0 Å². The normalized spacial score (nSPS) is 24.1. The summed E-state index contributed by atoms with van der Waals surface area (Å²) in [5.74, 6) is 0.910. The van der Waals surface area contributed by atoms with E-state index in [0.717, 1.165) is 36.2 Å². The zero-order valence-corrected chi connectivity index (χ0v) is 12.0. The third-order valence-corrected chi connectivity index (χ3v) is 4.02. The lowest BCUT2D eigenvalue weighted by Gasteiger charge is -2.30. The Kier molecular flexibility index (Phi) is 4.13. The van der Waals surface area contributed by atoms with E-state index in [1.807, 2.05) is 32.9 Å². The third-order valence-electron chi connectivity index (χ3n) is 4.02. The molecule has 1 aromatic carbocycles. The molecule has 2 aliphatic rings. The number of hydrogen-bond acceptors (Lipinski definition) is 2. The Labute approximate surface area is 115 Å². The lowest BCUT2D eigenvalue weighted by Crippen LogP contribution is -2.32. The van der Waals surface area contributed by atoms with Crippen molar-refractivity contribution >= 4 is 11.7 Å². The lowest BCUT2D eigenvalue weighted by molar-refractivity contribution is 0.0697. The van der Waals surface area contributed by atoms with E-state index in [-0.39, 0.29) is 0 Å². The second-order valence-electron chi connectivity index (χ2n) is 5.32. The molecule has 0 aromatic heterocycles. The molecule has 104 valence electrons. The first-order valence-corrected chi connectivity index (χ1v) is 7.24. The highest BCUT2D eigenvalue weighted by Crippen LogP contribution is 2.46. The van der Waals surface area contributed by atoms with Crippen LogP contribution in [0, 0.1) is 18.8 Å². The molecular formula is C16H23NO2. The predicted octanol–water partition coefficient (Wildman–Crippen LogP) is 3.57. The number of aromatic carboxylic acids is 1. The van der Waals surface area contributed by atoms with E-state index in [1.165, 1.54) is 12.8 Å². The van der Waals surface area contributed by atoms with Gasteiger partial charge >= 0.3 is 5.97 Å². The Morgan fingerprint density at radius 2 is 2.05 bits per heavy atom. The zero-order chi connectivity index (χ0) is 14.0. The lowest BCUT2D eigenvalue weighted by atomic mass is 10.1. The molecule has 1 saturated carbocycles. The number of carboxylic acid groups (broad SMARTS) is 1. The summed E-state index contributed by atoms with van der Waals surface area (Å²) in [4.78, 5) is 13.5. The van der Waals surface area contributed by atoms with Crippen LogP contribution in [-0.4, -0.2) is 24.2 Å². The summed E-state index contributed by atoms with van der Waals surface area (Å²) >= 11 is 0. The van der Waals surface area contributed by atoms with Crippen LogP contribution in [0.3, 0.4) is 0 Å². The van der Waals surface area contributed by atoms with E-state index in [4.69, 9.17) is 0 Å². The molecule has 2 fully saturated rings. The standard InChI is InChI=1S/C14H17NO2.C2H6/c1-9-2-3-12(14(16)17)13(6-9)15-5-4-10-7-11(10)8-15;1-2/h2-3,6,10-11H,4-5,7-8H2,1H3,(H,16,17);1-2H3. The number of fused-ring (bicyclic) bond motifs is 1. The minimum absolute atomic E-state index is 0.440. The molecule has 0 amide bonds. The SMILES string of the molecule is CC.Cc1ccc(C(=O)O)c(N2CCC3CC3C2)c1. The molecule has 3 heteroatoms. The van der Waals surface area contributed by atoms with Gasteiger partial charge < -0.3 is 10.0 Å². The monoisotopic (exact) mass is 261 g/mol. The Morgan fingerprint density at radius 3 is 2.68 bits per heavy atom. The molecule has 1 aliphatic heterocycles. The molecule has 1 aliphatic carbocycles. The van der Waals surface area contributed by atoms with Crippen LogP contribution in [0.4, 0.5) is 5.69 Å².